The van der Waals surface area contributed by atoms with E-state index >= 15 is 0 Å². The van der Waals surface area contributed by atoms with Crippen molar-refractivity contribution in [2.24, 2.45) is 11.5 Å². The summed E-state index contributed by atoms with van der Waals surface area (Å²) >= 11 is 0. The van der Waals surface area contributed by atoms with E-state index in [0.717, 1.165) is 61.6 Å². The summed E-state index contributed by atoms with van der Waals surface area (Å²) in [4.78, 5) is 23.8. The number of aryl methyl sites for hydroxylation is 1. The van der Waals surface area contributed by atoms with E-state index in [2.05, 4.69) is 23.5 Å². The third kappa shape index (κ3) is 7.99. The van der Waals surface area contributed by atoms with Crippen LogP contribution in [0.1, 0.15) is 76.3 Å². The number of benzene rings is 2. The molecule has 1 fully saturated rings. The van der Waals surface area contributed by atoms with E-state index in [4.69, 9.17) is 20.9 Å². The molecule has 0 saturated heterocycles. The zero-order valence-electron chi connectivity index (χ0n) is 21.1. The number of amides is 2. The van der Waals surface area contributed by atoms with Crippen molar-refractivity contribution in [3.63, 3.8) is 0 Å². The molecule has 2 aromatic carbocycles. The van der Waals surface area contributed by atoms with Crippen molar-refractivity contribution in [2.75, 3.05) is 6.54 Å². The fourth-order valence-corrected chi connectivity index (χ4v) is 4.73. The molecule has 0 unspecified atom stereocenters. The molecule has 2 aromatic rings. The minimum absolute atomic E-state index is 0.106. The molecule has 1 aliphatic carbocycles. The van der Waals surface area contributed by atoms with Gasteiger partial charge in [0.15, 0.2) is 0 Å². The lowest BCUT2D eigenvalue weighted by molar-refractivity contribution is 0.0491. The third-order valence-electron chi connectivity index (χ3n) is 6.31. The first-order chi connectivity index (χ1) is 16.7. The van der Waals surface area contributed by atoms with E-state index in [1.165, 1.54) is 5.56 Å². The largest absolute Gasteiger partial charge is 0.444 e. The molecule has 7 nitrogen and oxygen atoms in total. The zero-order valence-corrected chi connectivity index (χ0v) is 21.1. The Balaban J connectivity index is 1.77. The van der Waals surface area contributed by atoms with Crippen LogP contribution < -0.4 is 21.5 Å². The van der Waals surface area contributed by atoms with Gasteiger partial charge < -0.3 is 26.3 Å². The SMILES string of the molecule is CC(C)(C)OC(=O)NC1CCC(c2ccccc2-c2ccc(CCCCN)cc2OC(N)=O)CC1. The number of rotatable bonds is 8. The lowest BCUT2D eigenvalue weighted by atomic mass is 9.79. The molecule has 0 bridgehead atoms. The standard InChI is InChI=1S/C28H39N3O4/c1-28(2,3)35-27(33)31-21-14-12-20(13-15-21)22-9-4-5-10-23(22)24-16-11-19(8-6-7-17-29)18-25(24)34-26(30)32/h4-5,9-11,16,18,20-21H,6-8,12-15,17,29H2,1-3H3,(H2,30,32)(H,31,33). The van der Waals surface area contributed by atoms with E-state index in [1.54, 1.807) is 0 Å². The molecular weight excluding hydrogens is 442 g/mol. The second-order valence-electron chi connectivity index (χ2n) is 10.3. The van der Waals surface area contributed by atoms with Crippen LogP contribution in [0.25, 0.3) is 11.1 Å². The number of nitrogens with two attached hydrogens (primary N) is 2. The van der Waals surface area contributed by atoms with Crippen molar-refractivity contribution in [3.8, 4) is 16.9 Å². The first kappa shape index (κ1) is 26.5. The van der Waals surface area contributed by atoms with Gasteiger partial charge in [-0.2, -0.15) is 0 Å². The number of primary amides is 1. The van der Waals surface area contributed by atoms with Crippen molar-refractivity contribution in [1.29, 1.82) is 0 Å². The summed E-state index contributed by atoms with van der Waals surface area (Å²) in [7, 11) is 0. The average molecular weight is 482 g/mol. The van der Waals surface area contributed by atoms with Gasteiger partial charge in [0.1, 0.15) is 11.4 Å². The monoisotopic (exact) mass is 481 g/mol. The molecule has 5 N–H and O–H groups in total. The molecular formula is C28H39N3O4. The van der Waals surface area contributed by atoms with Crippen molar-refractivity contribution >= 4 is 12.2 Å². The zero-order chi connectivity index (χ0) is 25.4. The van der Waals surface area contributed by atoms with E-state index in [-0.39, 0.29) is 12.1 Å². The predicted molar refractivity (Wildman–Crippen MR) is 138 cm³/mol. The highest BCUT2D eigenvalue weighted by Gasteiger charge is 2.27. The Kier molecular flexibility index (Phi) is 9.15. The van der Waals surface area contributed by atoms with Gasteiger partial charge in [0, 0.05) is 11.6 Å². The number of hydrogen-bond donors (Lipinski definition) is 3. The van der Waals surface area contributed by atoms with E-state index < -0.39 is 11.7 Å². The minimum atomic E-state index is -0.823. The Morgan fingerprint density at radius 3 is 2.37 bits per heavy atom. The second-order valence-corrected chi connectivity index (χ2v) is 10.3. The molecule has 1 aliphatic rings. The highest BCUT2D eigenvalue weighted by atomic mass is 16.6. The van der Waals surface area contributed by atoms with Crippen LogP contribution in [0.15, 0.2) is 42.5 Å². The molecule has 2 amide bonds. The molecule has 0 aliphatic heterocycles. The van der Waals surface area contributed by atoms with Crippen molar-refractivity contribution in [1.82, 2.24) is 5.32 Å². The number of carbonyl (C=O) groups excluding carboxylic acids is 2. The lowest BCUT2D eigenvalue weighted by Gasteiger charge is -2.31. The van der Waals surface area contributed by atoms with E-state index in [0.29, 0.717) is 18.2 Å². The Morgan fingerprint density at radius 1 is 1.00 bits per heavy atom. The Labute approximate surface area is 208 Å². The second kappa shape index (κ2) is 12.1. The normalized spacial score (nSPS) is 18.1. The third-order valence-corrected chi connectivity index (χ3v) is 6.31. The lowest BCUT2D eigenvalue weighted by Crippen LogP contribution is -2.40. The topological polar surface area (TPSA) is 117 Å². The molecule has 0 aromatic heterocycles. The summed E-state index contributed by atoms with van der Waals surface area (Å²) in [6, 6.07) is 14.4. The van der Waals surface area contributed by atoms with Crippen molar-refractivity contribution in [3.05, 3.63) is 53.6 Å². The van der Waals surface area contributed by atoms with Crippen LogP contribution in [0, 0.1) is 0 Å². The van der Waals surface area contributed by atoms with Crippen LogP contribution in [0.4, 0.5) is 9.59 Å². The number of alkyl carbamates (subject to hydrolysis) is 1. The summed E-state index contributed by atoms with van der Waals surface area (Å²) in [6.45, 7) is 6.25. The number of unbranched alkanes of at least 4 members (excludes halogenated alkanes) is 1. The maximum absolute atomic E-state index is 12.2. The Bertz CT molecular complexity index is 1010. The van der Waals surface area contributed by atoms with Gasteiger partial charge in [0.2, 0.25) is 0 Å². The van der Waals surface area contributed by atoms with Crippen LogP contribution in [0.5, 0.6) is 5.75 Å². The van der Waals surface area contributed by atoms with Gasteiger partial charge in [0.25, 0.3) is 0 Å². The van der Waals surface area contributed by atoms with Gasteiger partial charge in [-0.25, -0.2) is 9.59 Å². The number of nitrogens with one attached hydrogen (secondary N) is 1. The number of ether oxygens (including phenoxy) is 2. The maximum Gasteiger partial charge on any atom is 0.409 e. The molecule has 0 atom stereocenters. The van der Waals surface area contributed by atoms with Gasteiger partial charge in [-0.15, -0.1) is 0 Å². The smallest absolute Gasteiger partial charge is 0.409 e. The molecule has 3 rings (SSSR count). The average Bonchev–Trinajstić information content (AvgIpc) is 2.78. The summed E-state index contributed by atoms with van der Waals surface area (Å²) < 4.78 is 10.8. The Morgan fingerprint density at radius 2 is 1.71 bits per heavy atom. The van der Waals surface area contributed by atoms with Gasteiger partial charge >= 0.3 is 12.2 Å². The molecule has 35 heavy (non-hydrogen) atoms. The first-order valence-electron chi connectivity index (χ1n) is 12.6. The molecule has 0 radical (unpaired) electrons. The van der Waals surface area contributed by atoms with Crippen molar-refractivity contribution in [2.45, 2.75) is 83.3 Å². The van der Waals surface area contributed by atoms with Crippen LogP contribution in [0.2, 0.25) is 0 Å². The van der Waals surface area contributed by atoms with E-state index in [1.807, 2.05) is 45.0 Å². The summed E-state index contributed by atoms with van der Waals surface area (Å²) in [5.41, 5.74) is 14.7. The molecule has 190 valence electrons. The maximum atomic E-state index is 12.2. The van der Waals surface area contributed by atoms with Gasteiger partial charge in [-0.1, -0.05) is 36.4 Å². The molecule has 0 spiro atoms. The van der Waals surface area contributed by atoms with Gasteiger partial charge in [0.05, 0.1) is 0 Å². The Hall–Kier alpha value is -3.06. The van der Waals surface area contributed by atoms with Crippen LogP contribution in [0.3, 0.4) is 0 Å². The highest BCUT2D eigenvalue weighted by Crippen LogP contribution is 2.41. The van der Waals surface area contributed by atoms with E-state index in [9.17, 15) is 9.59 Å². The highest BCUT2D eigenvalue weighted by molar-refractivity contribution is 5.78. The van der Waals surface area contributed by atoms with Gasteiger partial charge in [-0.05, 0) is 101 Å². The van der Waals surface area contributed by atoms with Crippen molar-refractivity contribution < 1.29 is 19.1 Å². The number of hydrogen-bond acceptors (Lipinski definition) is 5. The van der Waals surface area contributed by atoms with Crippen LogP contribution in [-0.4, -0.2) is 30.4 Å². The summed E-state index contributed by atoms with van der Waals surface area (Å²) in [5, 5.41) is 3.01. The summed E-state index contributed by atoms with van der Waals surface area (Å²) in [6.07, 6.45) is 5.25. The predicted octanol–water partition coefficient (Wildman–Crippen LogP) is 5.64. The molecule has 7 heteroatoms. The first-order valence-corrected chi connectivity index (χ1v) is 12.6. The minimum Gasteiger partial charge on any atom is -0.444 e. The fraction of sp³-hybridized carbons (Fsp3) is 0.500. The van der Waals surface area contributed by atoms with Crippen LogP contribution in [-0.2, 0) is 11.2 Å². The molecule has 0 heterocycles. The fourth-order valence-electron chi connectivity index (χ4n) is 4.73. The molecule has 1 saturated carbocycles. The number of carbonyl (C=O) groups is 2. The van der Waals surface area contributed by atoms with Gasteiger partial charge in [-0.3, -0.25) is 0 Å². The van der Waals surface area contributed by atoms with Crippen LogP contribution >= 0.6 is 0 Å². The summed E-state index contributed by atoms with van der Waals surface area (Å²) in [5.74, 6) is 0.823. The quantitative estimate of drug-likeness (QED) is 0.422.